The number of carbonyl (C=O) groups excluding carboxylic acids is 1. The van der Waals surface area contributed by atoms with Crippen molar-refractivity contribution in [3.05, 3.63) is 53.6 Å². The van der Waals surface area contributed by atoms with Crippen molar-refractivity contribution in [1.29, 1.82) is 0 Å². The minimum atomic E-state index is -0.391. The van der Waals surface area contributed by atoms with Gasteiger partial charge >= 0.3 is 6.03 Å². The number of anilines is 1. The van der Waals surface area contributed by atoms with E-state index in [1.54, 1.807) is 36.5 Å². The Hall–Kier alpha value is -3.26. The zero-order chi connectivity index (χ0) is 23.3. The fraction of sp³-hybridized carbons (Fsp3) is 0.400. The molecule has 0 unspecified atom stereocenters. The lowest BCUT2D eigenvalue weighted by molar-refractivity contribution is 0.199. The number of amides is 2. The molecule has 8 heteroatoms. The van der Waals surface area contributed by atoms with Crippen LogP contribution < -0.4 is 25.1 Å². The largest absolute Gasteiger partial charge is 0.494 e. The predicted molar refractivity (Wildman–Crippen MR) is 125 cm³/mol. The van der Waals surface area contributed by atoms with Gasteiger partial charge in [0.15, 0.2) is 11.6 Å². The molecule has 2 aromatic rings. The summed E-state index contributed by atoms with van der Waals surface area (Å²) in [5.41, 5.74) is 3.71. The van der Waals surface area contributed by atoms with E-state index in [4.69, 9.17) is 9.47 Å². The standard InChI is InChI=1S/C25H29FN4O3/c1-15-12-27-9-8-25(15,2)19-11-20-22(33-14-16-13-28-24(31)29(3)30(16)20)10-18(19)17-6-5-7-21(32-4)23(17)26/h5-7,10-11,13,15,27H,8-9,12,14H2,1-4H3,(H,28,31)/t15-,25+/m0/s1. The number of hydrogen-bond acceptors (Lipinski definition) is 5. The molecule has 2 amide bonds. The topological polar surface area (TPSA) is 66.1 Å². The van der Waals surface area contributed by atoms with E-state index in [0.717, 1.165) is 42.0 Å². The Kier molecular flexibility index (Phi) is 5.20. The summed E-state index contributed by atoms with van der Waals surface area (Å²) >= 11 is 0. The normalized spacial score (nSPS) is 24.3. The zero-order valence-corrected chi connectivity index (χ0v) is 19.4. The molecule has 0 spiro atoms. The Morgan fingerprint density at radius 2 is 2.09 bits per heavy atom. The lowest BCUT2D eigenvalue weighted by Gasteiger charge is -2.45. The van der Waals surface area contributed by atoms with Crippen LogP contribution in [0.4, 0.5) is 14.9 Å². The van der Waals surface area contributed by atoms with Crippen molar-refractivity contribution >= 4 is 11.7 Å². The molecule has 1 saturated heterocycles. The number of fused-ring (bicyclic) bond motifs is 3. The maximum Gasteiger partial charge on any atom is 0.340 e. The van der Waals surface area contributed by atoms with Gasteiger partial charge in [-0.1, -0.05) is 26.0 Å². The van der Waals surface area contributed by atoms with Crippen LogP contribution in [0.3, 0.4) is 0 Å². The molecule has 1 fully saturated rings. The average molecular weight is 453 g/mol. The van der Waals surface area contributed by atoms with Gasteiger partial charge in [-0.05, 0) is 60.2 Å². The highest BCUT2D eigenvalue weighted by Gasteiger charge is 2.40. The van der Waals surface area contributed by atoms with E-state index in [1.807, 2.05) is 11.1 Å². The fourth-order valence-corrected chi connectivity index (χ4v) is 5.11. The molecular weight excluding hydrogens is 423 g/mol. The predicted octanol–water partition coefficient (Wildman–Crippen LogP) is 4.00. The van der Waals surface area contributed by atoms with Crippen LogP contribution in [-0.2, 0) is 5.41 Å². The van der Waals surface area contributed by atoms with E-state index in [9.17, 15) is 4.79 Å². The van der Waals surface area contributed by atoms with Gasteiger partial charge in [-0.2, -0.15) is 0 Å². The maximum atomic E-state index is 15.5. The number of urea groups is 1. The molecule has 0 saturated carbocycles. The van der Waals surface area contributed by atoms with Crippen molar-refractivity contribution in [3.63, 3.8) is 0 Å². The van der Waals surface area contributed by atoms with Gasteiger partial charge in [-0.15, -0.1) is 0 Å². The highest BCUT2D eigenvalue weighted by molar-refractivity contribution is 5.84. The van der Waals surface area contributed by atoms with E-state index in [2.05, 4.69) is 30.5 Å². The van der Waals surface area contributed by atoms with Gasteiger partial charge in [0.05, 0.1) is 12.8 Å². The molecule has 174 valence electrons. The number of methoxy groups -OCH3 is 1. The summed E-state index contributed by atoms with van der Waals surface area (Å²) in [5.74, 6) is 0.744. The van der Waals surface area contributed by atoms with Crippen LogP contribution >= 0.6 is 0 Å². The molecule has 3 aliphatic heterocycles. The van der Waals surface area contributed by atoms with Crippen LogP contribution in [0.15, 0.2) is 42.2 Å². The van der Waals surface area contributed by atoms with Gasteiger partial charge in [-0.25, -0.2) is 19.2 Å². The molecule has 0 aliphatic carbocycles. The molecule has 0 radical (unpaired) electrons. The summed E-state index contributed by atoms with van der Waals surface area (Å²) in [4.78, 5) is 12.4. The van der Waals surface area contributed by atoms with Gasteiger partial charge in [0, 0.05) is 18.8 Å². The second kappa shape index (κ2) is 7.95. The Morgan fingerprint density at radius 3 is 2.85 bits per heavy atom. The number of halogens is 1. The van der Waals surface area contributed by atoms with Crippen LogP contribution in [0, 0.1) is 11.7 Å². The van der Waals surface area contributed by atoms with Crippen LogP contribution in [0.1, 0.15) is 25.8 Å². The number of ether oxygens (including phenoxy) is 2. The van der Waals surface area contributed by atoms with Gasteiger partial charge < -0.3 is 20.1 Å². The van der Waals surface area contributed by atoms with Crippen LogP contribution in [0.2, 0.25) is 0 Å². The molecule has 3 heterocycles. The molecule has 33 heavy (non-hydrogen) atoms. The van der Waals surface area contributed by atoms with E-state index in [0.29, 0.717) is 23.8 Å². The number of nitrogens with one attached hydrogen (secondary N) is 2. The highest BCUT2D eigenvalue weighted by atomic mass is 19.1. The third kappa shape index (κ3) is 3.31. The molecular formula is C25H29FN4O3. The number of nitrogens with zero attached hydrogens (tertiary/aromatic N) is 2. The van der Waals surface area contributed by atoms with Crippen LogP contribution in [-0.4, -0.2) is 44.9 Å². The van der Waals surface area contributed by atoms with Crippen molar-refractivity contribution < 1.29 is 18.7 Å². The number of piperidine rings is 1. The second-order valence-corrected chi connectivity index (χ2v) is 9.17. The van der Waals surface area contributed by atoms with Gasteiger partial charge in [-0.3, -0.25) is 0 Å². The first-order valence-corrected chi connectivity index (χ1v) is 11.2. The number of rotatable bonds is 3. The van der Waals surface area contributed by atoms with Crippen LogP contribution in [0.5, 0.6) is 11.5 Å². The molecule has 2 atom stereocenters. The van der Waals surface area contributed by atoms with E-state index >= 15 is 4.39 Å². The first-order chi connectivity index (χ1) is 15.8. The Morgan fingerprint density at radius 1 is 1.27 bits per heavy atom. The molecule has 5 rings (SSSR count). The Balaban J connectivity index is 1.76. The summed E-state index contributed by atoms with van der Waals surface area (Å²) in [6.45, 7) is 6.52. The first-order valence-electron chi connectivity index (χ1n) is 11.2. The summed E-state index contributed by atoms with van der Waals surface area (Å²) in [6, 6.07) is 8.98. The monoisotopic (exact) mass is 452 g/mol. The zero-order valence-electron chi connectivity index (χ0n) is 19.4. The smallest absolute Gasteiger partial charge is 0.340 e. The van der Waals surface area contributed by atoms with Crippen molar-refractivity contribution in [2.45, 2.75) is 25.7 Å². The lowest BCUT2D eigenvalue weighted by atomic mass is 9.66. The van der Waals surface area contributed by atoms with Gasteiger partial charge in [0.2, 0.25) is 0 Å². The minimum Gasteiger partial charge on any atom is -0.494 e. The summed E-state index contributed by atoms with van der Waals surface area (Å²) in [6.07, 6.45) is 2.58. The third-order valence-corrected chi connectivity index (χ3v) is 7.38. The minimum absolute atomic E-state index is 0.205. The molecule has 2 aromatic carbocycles. The van der Waals surface area contributed by atoms with Crippen LogP contribution in [0.25, 0.3) is 11.1 Å². The maximum absolute atomic E-state index is 15.5. The fourth-order valence-electron chi connectivity index (χ4n) is 5.11. The molecule has 0 aromatic heterocycles. The van der Waals surface area contributed by atoms with Crippen molar-refractivity contribution in [2.24, 2.45) is 5.92 Å². The van der Waals surface area contributed by atoms with E-state index in [-0.39, 0.29) is 17.2 Å². The summed E-state index contributed by atoms with van der Waals surface area (Å²) in [5, 5.41) is 9.63. The molecule has 2 N–H and O–H groups in total. The Labute approximate surface area is 193 Å². The Bertz CT molecular complexity index is 1150. The highest BCUT2D eigenvalue weighted by Crippen LogP contribution is 2.49. The average Bonchev–Trinajstić information content (AvgIpc) is 2.82. The van der Waals surface area contributed by atoms with Gasteiger partial charge in [0.25, 0.3) is 0 Å². The quantitative estimate of drug-likeness (QED) is 0.737. The first kappa shape index (κ1) is 21.6. The molecule has 0 bridgehead atoms. The van der Waals surface area contributed by atoms with Gasteiger partial charge in [0.1, 0.15) is 18.0 Å². The SMILES string of the molecule is COc1cccc(-c2cc3c(cc2[C@]2(C)CCNC[C@@H]2C)N2C(=CNC(=O)N2C)CO3)c1F. The van der Waals surface area contributed by atoms with Crippen molar-refractivity contribution in [2.75, 3.05) is 38.9 Å². The van der Waals surface area contributed by atoms with Crippen molar-refractivity contribution in [3.8, 4) is 22.6 Å². The molecule has 3 aliphatic rings. The second-order valence-electron chi connectivity index (χ2n) is 9.17. The van der Waals surface area contributed by atoms with Crippen molar-refractivity contribution in [1.82, 2.24) is 15.6 Å². The summed E-state index contributed by atoms with van der Waals surface area (Å²) in [7, 11) is 3.20. The number of carbonyl (C=O) groups is 1. The summed E-state index contributed by atoms with van der Waals surface area (Å²) < 4.78 is 26.8. The van der Waals surface area contributed by atoms with E-state index < -0.39 is 5.82 Å². The molecule has 7 nitrogen and oxygen atoms in total. The number of hydrogen-bond donors (Lipinski definition) is 2. The number of hydrazine groups is 1. The van der Waals surface area contributed by atoms with E-state index in [1.165, 1.54) is 7.11 Å². The lowest BCUT2D eigenvalue weighted by Crippen LogP contribution is -2.53. The number of benzene rings is 2. The third-order valence-electron chi connectivity index (χ3n) is 7.38.